The smallest absolute Gasteiger partial charge is 0.262 e. The minimum absolute atomic E-state index is 0.0254. The number of aromatic nitrogens is 1. The van der Waals surface area contributed by atoms with Crippen molar-refractivity contribution in [3.8, 4) is 5.75 Å². The van der Waals surface area contributed by atoms with Gasteiger partial charge in [-0.25, -0.2) is 4.98 Å². The molecule has 1 aliphatic heterocycles. The molecule has 3 rings (SSSR count). The van der Waals surface area contributed by atoms with E-state index in [1.165, 1.54) is 0 Å². The highest BCUT2D eigenvalue weighted by atomic mass is 32.1. The number of anilines is 3. The van der Waals surface area contributed by atoms with Gasteiger partial charge in [0.2, 0.25) is 0 Å². The SMILES string of the molecule is Cc1csc(CNc2cc3c(cc2N)OCC(=O)N3)n1. The van der Waals surface area contributed by atoms with Gasteiger partial charge in [-0.05, 0) is 13.0 Å². The van der Waals surface area contributed by atoms with Gasteiger partial charge in [-0.2, -0.15) is 0 Å². The van der Waals surface area contributed by atoms with Gasteiger partial charge in [0, 0.05) is 17.1 Å². The van der Waals surface area contributed by atoms with E-state index in [2.05, 4.69) is 15.6 Å². The van der Waals surface area contributed by atoms with Crippen LogP contribution in [0.4, 0.5) is 17.1 Å². The Bertz CT molecular complexity index is 668. The van der Waals surface area contributed by atoms with Crippen molar-refractivity contribution >= 4 is 34.3 Å². The maximum Gasteiger partial charge on any atom is 0.262 e. The van der Waals surface area contributed by atoms with Crippen LogP contribution < -0.4 is 21.1 Å². The Hall–Kier alpha value is -2.28. The molecule has 2 aromatic rings. The number of carbonyl (C=O) groups is 1. The van der Waals surface area contributed by atoms with Crippen molar-refractivity contribution in [1.82, 2.24) is 4.98 Å². The van der Waals surface area contributed by atoms with Gasteiger partial charge in [-0.3, -0.25) is 4.79 Å². The van der Waals surface area contributed by atoms with Gasteiger partial charge >= 0.3 is 0 Å². The Kier molecular flexibility index (Phi) is 3.19. The van der Waals surface area contributed by atoms with Crippen molar-refractivity contribution in [3.05, 3.63) is 28.2 Å². The van der Waals surface area contributed by atoms with E-state index in [4.69, 9.17) is 10.5 Å². The van der Waals surface area contributed by atoms with Gasteiger partial charge in [0.25, 0.3) is 5.91 Å². The van der Waals surface area contributed by atoms with E-state index < -0.39 is 0 Å². The predicted octanol–water partition coefficient (Wildman–Crippen LogP) is 1.98. The number of ether oxygens (including phenoxy) is 1. The van der Waals surface area contributed by atoms with E-state index in [9.17, 15) is 4.79 Å². The maximum absolute atomic E-state index is 11.3. The highest BCUT2D eigenvalue weighted by molar-refractivity contribution is 7.09. The summed E-state index contributed by atoms with van der Waals surface area (Å²) in [6, 6.07) is 3.49. The molecule has 20 heavy (non-hydrogen) atoms. The molecule has 0 saturated heterocycles. The van der Waals surface area contributed by atoms with E-state index in [0.717, 1.165) is 16.4 Å². The molecule has 0 atom stereocenters. The van der Waals surface area contributed by atoms with Crippen LogP contribution in [0.25, 0.3) is 0 Å². The number of amides is 1. The zero-order valence-corrected chi connectivity index (χ0v) is 11.7. The second-order valence-electron chi connectivity index (χ2n) is 4.51. The number of hydrogen-bond donors (Lipinski definition) is 3. The fraction of sp³-hybridized carbons (Fsp3) is 0.231. The molecule has 7 heteroatoms. The van der Waals surface area contributed by atoms with Crippen molar-refractivity contribution in [1.29, 1.82) is 0 Å². The molecule has 1 aliphatic rings. The number of nitrogens with two attached hydrogens (primary N) is 1. The summed E-state index contributed by atoms with van der Waals surface area (Å²) in [5.74, 6) is 0.432. The standard InChI is InChI=1S/C13H14N4O2S/c1-7-6-20-13(16-7)4-15-9-3-10-11(2-8(9)14)19-5-12(18)17-10/h2-3,6,15H,4-5,14H2,1H3,(H,17,18). The van der Waals surface area contributed by atoms with Gasteiger partial charge < -0.3 is 21.1 Å². The van der Waals surface area contributed by atoms with Crippen LogP contribution in [-0.4, -0.2) is 17.5 Å². The molecule has 4 N–H and O–H groups in total. The first kappa shape index (κ1) is 12.7. The van der Waals surface area contributed by atoms with E-state index in [0.29, 0.717) is 23.7 Å². The lowest BCUT2D eigenvalue weighted by Gasteiger charge is -2.20. The molecule has 0 aliphatic carbocycles. The summed E-state index contributed by atoms with van der Waals surface area (Å²) in [5.41, 5.74) is 8.94. The summed E-state index contributed by atoms with van der Waals surface area (Å²) in [5, 5.41) is 8.97. The maximum atomic E-state index is 11.3. The molecule has 0 spiro atoms. The van der Waals surface area contributed by atoms with Crippen LogP contribution in [0.5, 0.6) is 5.75 Å². The number of hydrogen-bond acceptors (Lipinski definition) is 6. The van der Waals surface area contributed by atoms with E-state index in [1.54, 1.807) is 23.5 Å². The number of aryl methyl sites for hydroxylation is 1. The number of rotatable bonds is 3. The zero-order valence-electron chi connectivity index (χ0n) is 10.9. The summed E-state index contributed by atoms with van der Waals surface area (Å²) in [6.07, 6.45) is 0. The second-order valence-corrected chi connectivity index (χ2v) is 5.45. The van der Waals surface area contributed by atoms with Crippen molar-refractivity contribution in [3.63, 3.8) is 0 Å². The molecule has 1 amide bonds. The first-order valence-electron chi connectivity index (χ1n) is 6.13. The van der Waals surface area contributed by atoms with Gasteiger partial charge in [-0.1, -0.05) is 0 Å². The monoisotopic (exact) mass is 290 g/mol. The Balaban J connectivity index is 1.79. The molecule has 0 fully saturated rings. The van der Waals surface area contributed by atoms with Crippen LogP contribution >= 0.6 is 11.3 Å². The van der Waals surface area contributed by atoms with Crippen LogP contribution in [0.3, 0.4) is 0 Å². The van der Waals surface area contributed by atoms with Gasteiger partial charge in [-0.15, -0.1) is 11.3 Å². The van der Waals surface area contributed by atoms with Crippen LogP contribution in [-0.2, 0) is 11.3 Å². The van der Waals surface area contributed by atoms with Crippen LogP contribution in [0.1, 0.15) is 10.7 Å². The number of nitrogen functional groups attached to an aromatic ring is 1. The summed E-state index contributed by atoms with van der Waals surface area (Å²) >= 11 is 1.59. The number of nitrogens with zero attached hydrogens (tertiary/aromatic N) is 1. The predicted molar refractivity (Wildman–Crippen MR) is 79.2 cm³/mol. The van der Waals surface area contributed by atoms with E-state index in [-0.39, 0.29) is 12.5 Å². The summed E-state index contributed by atoms with van der Waals surface area (Å²) in [4.78, 5) is 15.7. The average molecular weight is 290 g/mol. The third-order valence-corrected chi connectivity index (χ3v) is 3.85. The topological polar surface area (TPSA) is 89.3 Å². The summed E-state index contributed by atoms with van der Waals surface area (Å²) < 4.78 is 5.31. The number of thiazole rings is 1. The third-order valence-electron chi connectivity index (χ3n) is 2.88. The molecular formula is C13H14N4O2S. The number of fused-ring (bicyclic) bond motifs is 1. The molecule has 0 unspecified atom stereocenters. The van der Waals surface area contributed by atoms with E-state index >= 15 is 0 Å². The molecule has 1 aromatic heterocycles. The molecule has 104 valence electrons. The molecule has 2 heterocycles. The first-order valence-corrected chi connectivity index (χ1v) is 7.01. The second kappa shape index (κ2) is 5.01. The highest BCUT2D eigenvalue weighted by Crippen LogP contribution is 2.35. The Labute approximate surface area is 120 Å². The molecule has 0 radical (unpaired) electrons. The molecular weight excluding hydrogens is 276 g/mol. The largest absolute Gasteiger partial charge is 0.482 e. The fourth-order valence-electron chi connectivity index (χ4n) is 1.95. The van der Waals surface area contributed by atoms with Crippen molar-refractivity contribution < 1.29 is 9.53 Å². The lowest BCUT2D eigenvalue weighted by atomic mass is 10.2. The average Bonchev–Trinajstić information content (AvgIpc) is 2.83. The molecule has 0 bridgehead atoms. The van der Waals surface area contributed by atoms with E-state index in [1.807, 2.05) is 12.3 Å². The summed E-state index contributed by atoms with van der Waals surface area (Å²) in [7, 11) is 0. The minimum atomic E-state index is -0.163. The van der Waals surface area contributed by atoms with Crippen LogP contribution in [0.15, 0.2) is 17.5 Å². The summed E-state index contributed by atoms with van der Waals surface area (Å²) in [6.45, 7) is 2.58. The van der Waals surface area contributed by atoms with Gasteiger partial charge in [0.05, 0.1) is 23.6 Å². The molecule has 0 saturated carbocycles. The normalized spacial score (nSPS) is 13.3. The zero-order chi connectivity index (χ0) is 14.1. The number of benzene rings is 1. The van der Waals surface area contributed by atoms with Crippen LogP contribution in [0, 0.1) is 6.92 Å². The molecule has 1 aromatic carbocycles. The van der Waals surface area contributed by atoms with Crippen molar-refractivity contribution in [2.45, 2.75) is 13.5 Å². The Morgan fingerprint density at radius 1 is 1.55 bits per heavy atom. The number of carbonyl (C=O) groups excluding carboxylic acids is 1. The third kappa shape index (κ3) is 2.53. The minimum Gasteiger partial charge on any atom is -0.482 e. The highest BCUT2D eigenvalue weighted by Gasteiger charge is 2.17. The van der Waals surface area contributed by atoms with Gasteiger partial charge in [0.1, 0.15) is 10.8 Å². The first-order chi connectivity index (χ1) is 9.61. The Morgan fingerprint density at radius 3 is 3.15 bits per heavy atom. The number of nitrogens with one attached hydrogen (secondary N) is 2. The molecule has 6 nitrogen and oxygen atoms in total. The van der Waals surface area contributed by atoms with Crippen molar-refractivity contribution in [2.75, 3.05) is 23.0 Å². The van der Waals surface area contributed by atoms with Crippen molar-refractivity contribution in [2.24, 2.45) is 0 Å². The quantitative estimate of drug-likeness (QED) is 0.752. The lowest BCUT2D eigenvalue weighted by Crippen LogP contribution is -2.25. The lowest BCUT2D eigenvalue weighted by molar-refractivity contribution is -0.118. The van der Waals surface area contributed by atoms with Gasteiger partial charge in [0.15, 0.2) is 6.61 Å². The fourth-order valence-corrected chi connectivity index (χ4v) is 2.66. The Morgan fingerprint density at radius 2 is 2.40 bits per heavy atom. The van der Waals surface area contributed by atoms with Crippen LogP contribution in [0.2, 0.25) is 0 Å².